The summed E-state index contributed by atoms with van der Waals surface area (Å²) in [5.74, 6) is 4.23. The summed E-state index contributed by atoms with van der Waals surface area (Å²) in [7, 11) is 0. The third-order valence-corrected chi connectivity index (χ3v) is 5.91. The Labute approximate surface area is 135 Å². The van der Waals surface area contributed by atoms with Gasteiger partial charge in [0.2, 0.25) is 5.95 Å². The molecule has 2 heterocycles. The summed E-state index contributed by atoms with van der Waals surface area (Å²) in [5, 5.41) is 0. The number of aromatic nitrogens is 2. The number of hydrogen-bond donors (Lipinski definition) is 0. The van der Waals surface area contributed by atoms with Crippen molar-refractivity contribution in [3.8, 4) is 0 Å². The molecule has 2 aliphatic rings. The summed E-state index contributed by atoms with van der Waals surface area (Å²) in [5.41, 5.74) is 1.36. The maximum Gasteiger partial charge on any atom is 0.225 e. The molecule has 3 heteroatoms. The second-order valence-corrected chi connectivity index (χ2v) is 7.84. The molecule has 1 saturated heterocycles. The smallest absolute Gasteiger partial charge is 0.225 e. The second-order valence-electron chi connectivity index (χ2n) is 7.84. The zero-order chi connectivity index (χ0) is 15.5. The van der Waals surface area contributed by atoms with E-state index in [-0.39, 0.29) is 0 Å². The van der Waals surface area contributed by atoms with Crippen molar-refractivity contribution in [3.05, 3.63) is 18.0 Å². The predicted molar refractivity (Wildman–Crippen MR) is 92.2 cm³/mol. The lowest BCUT2D eigenvalue weighted by Gasteiger charge is -2.32. The molecule has 1 aromatic rings. The van der Waals surface area contributed by atoms with Gasteiger partial charge in [-0.1, -0.05) is 20.8 Å². The van der Waals surface area contributed by atoms with Crippen molar-refractivity contribution in [1.82, 2.24) is 9.97 Å². The van der Waals surface area contributed by atoms with Crippen molar-refractivity contribution in [2.45, 2.75) is 65.2 Å². The summed E-state index contributed by atoms with van der Waals surface area (Å²) in [6.07, 6.45) is 12.1. The molecule has 0 amide bonds. The minimum Gasteiger partial charge on any atom is -0.341 e. The van der Waals surface area contributed by atoms with E-state index in [1.165, 1.54) is 44.1 Å². The zero-order valence-electron chi connectivity index (χ0n) is 14.5. The van der Waals surface area contributed by atoms with Crippen LogP contribution in [0.3, 0.4) is 0 Å². The van der Waals surface area contributed by atoms with E-state index in [4.69, 9.17) is 0 Å². The first-order valence-electron chi connectivity index (χ1n) is 9.20. The van der Waals surface area contributed by atoms with Crippen molar-refractivity contribution in [1.29, 1.82) is 0 Å². The van der Waals surface area contributed by atoms with Gasteiger partial charge in [0.05, 0.1) is 0 Å². The average Bonchev–Trinajstić information content (AvgIpc) is 2.56. The van der Waals surface area contributed by atoms with Crippen molar-refractivity contribution in [2.24, 2.45) is 17.8 Å². The van der Waals surface area contributed by atoms with Crippen molar-refractivity contribution >= 4 is 5.95 Å². The topological polar surface area (TPSA) is 29.0 Å². The van der Waals surface area contributed by atoms with Crippen LogP contribution in [0.25, 0.3) is 0 Å². The lowest BCUT2D eigenvalue weighted by Crippen LogP contribution is -2.34. The molecule has 0 spiro atoms. The van der Waals surface area contributed by atoms with E-state index in [1.807, 2.05) is 0 Å². The highest BCUT2D eigenvalue weighted by Gasteiger charge is 2.25. The van der Waals surface area contributed by atoms with Crippen molar-refractivity contribution < 1.29 is 0 Å². The third-order valence-electron chi connectivity index (χ3n) is 5.91. The highest BCUT2D eigenvalue weighted by molar-refractivity contribution is 5.31. The summed E-state index contributed by atoms with van der Waals surface area (Å²) >= 11 is 0. The zero-order valence-corrected chi connectivity index (χ0v) is 14.5. The van der Waals surface area contributed by atoms with Crippen LogP contribution < -0.4 is 4.90 Å². The molecule has 0 bridgehead atoms. The van der Waals surface area contributed by atoms with Crippen LogP contribution in [0.4, 0.5) is 5.95 Å². The second kappa shape index (κ2) is 6.97. The molecule has 1 aliphatic carbocycles. The molecule has 0 unspecified atom stereocenters. The number of hydrogen-bond acceptors (Lipinski definition) is 3. The standard InChI is InChI=1S/C19H31N3/c1-14(2)16-4-6-17(7-5-16)18-12-20-19(21-13-18)22-10-8-15(3)9-11-22/h12-17H,4-11H2,1-3H3. The molecule has 0 atom stereocenters. The first kappa shape index (κ1) is 15.8. The molecule has 1 aliphatic heterocycles. The van der Waals surface area contributed by atoms with Crippen LogP contribution >= 0.6 is 0 Å². The molecule has 3 rings (SSSR count). The Morgan fingerprint density at radius 1 is 0.955 bits per heavy atom. The van der Waals surface area contributed by atoms with E-state index in [1.54, 1.807) is 0 Å². The van der Waals surface area contributed by atoms with Gasteiger partial charge in [-0.15, -0.1) is 0 Å². The molecule has 2 fully saturated rings. The Hall–Kier alpha value is -1.12. The van der Waals surface area contributed by atoms with Gasteiger partial charge < -0.3 is 4.90 Å². The molecule has 1 aromatic heterocycles. The number of nitrogens with zero attached hydrogens (tertiary/aromatic N) is 3. The first-order valence-corrected chi connectivity index (χ1v) is 9.20. The molecule has 0 radical (unpaired) electrons. The van der Waals surface area contributed by atoms with Gasteiger partial charge in [-0.05, 0) is 67.8 Å². The molecule has 122 valence electrons. The molecule has 0 N–H and O–H groups in total. The molecule has 1 saturated carbocycles. The largest absolute Gasteiger partial charge is 0.341 e. The van der Waals surface area contributed by atoms with E-state index in [0.29, 0.717) is 5.92 Å². The van der Waals surface area contributed by atoms with Gasteiger partial charge in [-0.3, -0.25) is 0 Å². The average molecular weight is 301 g/mol. The molecule has 22 heavy (non-hydrogen) atoms. The van der Waals surface area contributed by atoms with Gasteiger partial charge in [-0.25, -0.2) is 9.97 Å². The van der Waals surface area contributed by atoms with Gasteiger partial charge in [0.1, 0.15) is 0 Å². The monoisotopic (exact) mass is 301 g/mol. The molecule has 3 nitrogen and oxygen atoms in total. The van der Waals surface area contributed by atoms with E-state index in [2.05, 4.69) is 48.0 Å². The van der Waals surface area contributed by atoms with Crippen molar-refractivity contribution in [3.63, 3.8) is 0 Å². The number of anilines is 1. The molecular formula is C19H31N3. The van der Waals surface area contributed by atoms with Crippen LogP contribution in [0.15, 0.2) is 12.4 Å². The lowest BCUT2D eigenvalue weighted by atomic mass is 9.75. The van der Waals surface area contributed by atoms with E-state index >= 15 is 0 Å². The summed E-state index contributed by atoms with van der Waals surface area (Å²) in [6, 6.07) is 0. The first-order chi connectivity index (χ1) is 10.6. The Balaban J connectivity index is 1.58. The van der Waals surface area contributed by atoms with Crippen LogP contribution in [-0.2, 0) is 0 Å². The maximum absolute atomic E-state index is 4.67. The SMILES string of the molecule is CC1CCN(c2ncc(C3CCC(C(C)C)CC3)cn2)CC1. The predicted octanol–water partition coefficient (Wildman–Crippen LogP) is 4.64. The number of piperidine rings is 1. The lowest BCUT2D eigenvalue weighted by molar-refractivity contribution is 0.258. The highest BCUT2D eigenvalue weighted by Crippen LogP contribution is 2.38. The van der Waals surface area contributed by atoms with Gasteiger partial charge >= 0.3 is 0 Å². The van der Waals surface area contributed by atoms with Gasteiger partial charge in [0.15, 0.2) is 0 Å². The van der Waals surface area contributed by atoms with Crippen LogP contribution in [0.1, 0.15) is 70.8 Å². The normalized spacial score (nSPS) is 27.4. The quantitative estimate of drug-likeness (QED) is 0.814. The van der Waals surface area contributed by atoms with Crippen LogP contribution in [0.2, 0.25) is 0 Å². The van der Waals surface area contributed by atoms with E-state index < -0.39 is 0 Å². The number of rotatable bonds is 3. The summed E-state index contributed by atoms with van der Waals surface area (Å²) < 4.78 is 0. The Kier molecular flexibility index (Phi) is 5.00. The van der Waals surface area contributed by atoms with Crippen molar-refractivity contribution in [2.75, 3.05) is 18.0 Å². The Morgan fingerprint density at radius 3 is 2.09 bits per heavy atom. The fourth-order valence-corrected chi connectivity index (χ4v) is 4.03. The van der Waals surface area contributed by atoms with Gasteiger partial charge in [-0.2, -0.15) is 0 Å². The Morgan fingerprint density at radius 2 is 1.55 bits per heavy atom. The molecule has 0 aromatic carbocycles. The maximum atomic E-state index is 4.67. The van der Waals surface area contributed by atoms with Crippen LogP contribution in [-0.4, -0.2) is 23.1 Å². The highest BCUT2D eigenvalue weighted by atomic mass is 15.2. The summed E-state index contributed by atoms with van der Waals surface area (Å²) in [6.45, 7) is 9.29. The Bertz CT molecular complexity index is 452. The minimum atomic E-state index is 0.686. The van der Waals surface area contributed by atoms with Gasteiger partial charge in [0, 0.05) is 25.5 Å². The minimum absolute atomic E-state index is 0.686. The van der Waals surface area contributed by atoms with Gasteiger partial charge in [0.25, 0.3) is 0 Å². The van der Waals surface area contributed by atoms with Crippen LogP contribution in [0.5, 0.6) is 0 Å². The fraction of sp³-hybridized carbons (Fsp3) is 0.789. The fourth-order valence-electron chi connectivity index (χ4n) is 4.03. The van der Waals surface area contributed by atoms with E-state index in [9.17, 15) is 0 Å². The summed E-state index contributed by atoms with van der Waals surface area (Å²) in [4.78, 5) is 11.7. The van der Waals surface area contributed by atoms with Crippen LogP contribution in [0, 0.1) is 17.8 Å². The van der Waals surface area contributed by atoms with E-state index in [0.717, 1.165) is 36.8 Å². The molecular weight excluding hydrogens is 270 g/mol. The third kappa shape index (κ3) is 3.61.